The normalized spacial score (nSPS) is 12.3. The van der Waals surface area contributed by atoms with E-state index in [1.165, 1.54) is 0 Å². The van der Waals surface area contributed by atoms with Crippen LogP contribution in [-0.4, -0.2) is 23.8 Å². The summed E-state index contributed by atoms with van der Waals surface area (Å²) in [6.07, 6.45) is 0.350. The minimum atomic E-state index is -0.517. The lowest BCUT2D eigenvalue weighted by atomic mass is 10.1. The van der Waals surface area contributed by atoms with E-state index in [9.17, 15) is 9.90 Å². The molecule has 0 heterocycles. The van der Waals surface area contributed by atoms with E-state index >= 15 is 0 Å². The number of carbonyl (C=O) groups is 1. The van der Waals surface area contributed by atoms with Crippen molar-refractivity contribution >= 4 is 11.7 Å². The Morgan fingerprint density at radius 1 is 1.33 bits per heavy atom. The van der Waals surface area contributed by atoms with E-state index in [2.05, 4.69) is 10.6 Å². The highest BCUT2D eigenvalue weighted by molar-refractivity contribution is 5.90. The van der Waals surface area contributed by atoms with E-state index in [0.717, 1.165) is 17.7 Å². The molecule has 0 aliphatic heterocycles. The molecule has 4 heteroatoms. The zero-order valence-electron chi connectivity index (χ0n) is 11.2. The molecule has 0 radical (unpaired) electrons. The number of carbonyl (C=O) groups excluding carboxylic acids is 1. The van der Waals surface area contributed by atoms with Gasteiger partial charge in [0.2, 0.25) is 0 Å². The van der Waals surface area contributed by atoms with E-state index in [-0.39, 0.29) is 18.5 Å². The highest BCUT2D eigenvalue weighted by Gasteiger charge is 2.11. The third kappa shape index (κ3) is 4.37. The van der Waals surface area contributed by atoms with Crippen molar-refractivity contribution in [2.24, 2.45) is 5.92 Å². The van der Waals surface area contributed by atoms with Crippen molar-refractivity contribution in [1.29, 1.82) is 0 Å². The Morgan fingerprint density at radius 3 is 2.61 bits per heavy atom. The summed E-state index contributed by atoms with van der Waals surface area (Å²) < 4.78 is 0. The first-order valence-corrected chi connectivity index (χ1v) is 6.35. The molecule has 0 bridgehead atoms. The average Bonchev–Trinajstić information content (AvgIpc) is 2.36. The van der Waals surface area contributed by atoms with Crippen LogP contribution in [0.5, 0.6) is 0 Å². The SMILES string of the molecule is CCc1ccccc1NC(=O)NCC(O)C(C)C. The van der Waals surface area contributed by atoms with Gasteiger partial charge in [0.25, 0.3) is 0 Å². The monoisotopic (exact) mass is 250 g/mol. The Labute approximate surface area is 108 Å². The molecule has 1 aromatic carbocycles. The molecule has 1 aromatic rings. The van der Waals surface area contributed by atoms with Gasteiger partial charge in [-0.3, -0.25) is 0 Å². The molecule has 2 amide bonds. The van der Waals surface area contributed by atoms with Gasteiger partial charge in [-0.15, -0.1) is 0 Å². The van der Waals surface area contributed by atoms with Crippen molar-refractivity contribution < 1.29 is 9.90 Å². The number of aliphatic hydroxyl groups is 1. The van der Waals surface area contributed by atoms with Gasteiger partial charge in [-0.05, 0) is 24.0 Å². The molecule has 1 rings (SSSR count). The quantitative estimate of drug-likeness (QED) is 0.751. The number of hydrogen-bond donors (Lipinski definition) is 3. The second-order valence-electron chi connectivity index (χ2n) is 4.66. The lowest BCUT2D eigenvalue weighted by Gasteiger charge is -2.16. The second kappa shape index (κ2) is 7.01. The van der Waals surface area contributed by atoms with Crippen LogP contribution in [0.15, 0.2) is 24.3 Å². The predicted octanol–water partition coefficient (Wildman–Crippen LogP) is 2.39. The third-order valence-electron chi connectivity index (χ3n) is 2.89. The van der Waals surface area contributed by atoms with Crippen LogP contribution in [0.1, 0.15) is 26.3 Å². The van der Waals surface area contributed by atoms with Crippen LogP contribution >= 0.6 is 0 Å². The van der Waals surface area contributed by atoms with Crippen LogP contribution in [0.3, 0.4) is 0 Å². The van der Waals surface area contributed by atoms with Gasteiger partial charge in [0.15, 0.2) is 0 Å². The van der Waals surface area contributed by atoms with Crippen molar-refractivity contribution in [1.82, 2.24) is 5.32 Å². The molecule has 0 saturated heterocycles. The van der Waals surface area contributed by atoms with E-state index in [0.29, 0.717) is 0 Å². The van der Waals surface area contributed by atoms with E-state index in [1.54, 1.807) is 0 Å². The number of nitrogens with one attached hydrogen (secondary N) is 2. The highest BCUT2D eigenvalue weighted by atomic mass is 16.3. The summed E-state index contributed by atoms with van der Waals surface area (Å²) in [6.45, 7) is 6.13. The zero-order chi connectivity index (χ0) is 13.5. The number of urea groups is 1. The smallest absolute Gasteiger partial charge is 0.319 e. The maximum atomic E-state index is 11.7. The van der Waals surface area contributed by atoms with Crippen molar-refractivity contribution in [2.75, 3.05) is 11.9 Å². The number of anilines is 1. The summed E-state index contributed by atoms with van der Waals surface area (Å²) in [6, 6.07) is 7.41. The molecule has 1 unspecified atom stereocenters. The van der Waals surface area contributed by atoms with Crippen molar-refractivity contribution in [2.45, 2.75) is 33.3 Å². The number of benzene rings is 1. The minimum Gasteiger partial charge on any atom is -0.391 e. The number of amides is 2. The fourth-order valence-electron chi connectivity index (χ4n) is 1.55. The lowest BCUT2D eigenvalue weighted by molar-refractivity contribution is 0.126. The Hall–Kier alpha value is -1.55. The number of aliphatic hydroxyl groups excluding tert-OH is 1. The molecule has 1 atom stereocenters. The van der Waals surface area contributed by atoms with Crippen LogP contribution in [0.4, 0.5) is 10.5 Å². The highest BCUT2D eigenvalue weighted by Crippen LogP contribution is 2.14. The lowest BCUT2D eigenvalue weighted by Crippen LogP contribution is -2.37. The second-order valence-corrected chi connectivity index (χ2v) is 4.66. The van der Waals surface area contributed by atoms with Gasteiger partial charge in [0, 0.05) is 12.2 Å². The van der Waals surface area contributed by atoms with Crippen molar-refractivity contribution in [3.05, 3.63) is 29.8 Å². The largest absolute Gasteiger partial charge is 0.391 e. The summed E-state index contributed by atoms with van der Waals surface area (Å²) in [5, 5.41) is 15.1. The number of aryl methyl sites for hydroxylation is 1. The summed E-state index contributed by atoms with van der Waals surface area (Å²) >= 11 is 0. The van der Waals surface area contributed by atoms with E-state index in [4.69, 9.17) is 0 Å². The molecule has 0 saturated carbocycles. The average molecular weight is 250 g/mol. The molecule has 0 fully saturated rings. The Morgan fingerprint density at radius 2 is 2.00 bits per heavy atom. The van der Waals surface area contributed by atoms with E-state index in [1.807, 2.05) is 45.0 Å². The molecule has 4 nitrogen and oxygen atoms in total. The molecular weight excluding hydrogens is 228 g/mol. The third-order valence-corrected chi connectivity index (χ3v) is 2.89. The van der Waals surface area contributed by atoms with Gasteiger partial charge in [-0.2, -0.15) is 0 Å². The molecule has 0 aromatic heterocycles. The summed E-state index contributed by atoms with van der Waals surface area (Å²) in [7, 11) is 0. The first-order valence-electron chi connectivity index (χ1n) is 6.35. The first-order chi connectivity index (χ1) is 8.54. The van der Waals surface area contributed by atoms with Crippen LogP contribution in [0.25, 0.3) is 0 Å². The summed E-state index contributed by atoms with van der Waals surface area (Å²) in [4.78, 5) is 11.7. The standard InChI is InChI=1S/C14H22N2O2/c1-4-11-7-5-6-8-12(11)16-14(18)15-9-13(17)10(2)3/h5-8,10,13,17H,4,9H2,1-3H3,(H2,15,16,18). The molecule has 0 aliphatic rings. The number of hydrogen-bond acceptors (Lipinski definition) is 2. The van der Waals surface area contributed by atoms with Gasteiger partial charge in [-0.1, -0.05) is 39.0 Å². The topological polar surface area (TPSA) is 61.4 Å². The zero-order valence-corrected chi connectivity index (χ0v) is 11.2. The van der Waals surface area contributed by atoms with Gasteiger partial charge >= 0.3 is 6.03 Å². The van der Waals surface area contributed by atoms with Crippen LogP contribution in [0.2, 0.25) is 0 Å². The molecule has 100 valence electrons. The van der Waals surface area contributed by atoms with Gasteiger partial charge in [-0.25, -0.2) is 4.79 Å². The maximum absolute atomic E-state index is 11.7. The Bertz CT molecular complexity index is 391. The Balaban J connectivity index is 2.49. The van der Waals surface area contributed by atoms with Crippen LogP contribution in [-0.2, 0) is 6.42 Å². The molecule has 0 aliphatic carbocycles. The summed E-state index contributed by atoms with van der Waals surface area (Å²) in [5.74, 6) is 0.133. The van der Waals surface area contributed by atoms with Crippen LogP contribution in [0, 0.1) is 5.92 Å². The van der Waals surface area contributed by atoms with E-state index < -0.39 is 6.10 Å². The van der Waals surface area contributed by atoms with Gasteiger partial charge < -0.3 is 15.7 Å². The van der Waals surface area contributed by atoms with Crippen molar-refractivity contribution in [3.8, 4) is 0 Å². The molecular formula is C14H22N2O2. The minimum absolute atomic E-state index is 0.133. The number of rotatable bonds is 5. The summed E-state index contributed by atoms with van der Waals surface area (Å²) in [5.41, 5.74) is 1.91. The fraction of sp³-hybridized carbons (Fsp3) is 0.500. The molecule has 0 spiro atoms. The predicted molar refractivity (Wildman–Crippen MR) is 73.7 cm³/mol. The fourth-order valence-corrected chi connectivity index (χ4v) is 1.55. The maximum Gasteiger partial charge on any atom is 0.319 e. The van der Waals surface area contributed by atoms with Gasteiger partial charge in [0.1, 0.15) is 0 Å². The van der Waals surface area contributed by atoms with Crippen molar-refractivity contribution in [3.63, 3.8) is 0 Å². The van der Waals surface area contributed by atoms with Crippen LogP contribution < -0.4 is 10.6 Å². The number of para-hydroxylation sites is 1. The molecule has 3 N–H and O–H groups in total. The first kappa shape index (κ1) is 14.5. The van der Waals surface area contributed by atoms with Gasteiger partial charge in [0.05, 0.1) is 6.10 Å². The molecule has 18 heavy (non-hydrogen) atoms. The Kier molecular flexibility index (Phi) is 5.65.